The van der Waals surface area contributed by atoms with Crippen LogP contribution in [0, 0.1) is 0 Å². The van der Waals surface area contributed by atoms with Gasteiger partial charge in [0.1, 0.15) is 6.73 Å². The first-order valence-electron chi connectivity index (χ1n) is 3.50. The van der Waals surface area contributed by atoms with E-state index in [9.17, 15) is 4.79 Å². The molecule has 0 radical (unpaired) electrons. The smallest absolute Gasteiger partial charge is 0.316 e. The Morgan fingerprint density at radius 3 is 2.36 bits per heavy atom. The van der Waals surface area contributed by atoms with Crippen LogP contribution in [-0.2, 0) is 4.74 Å². The molecule has 4 heteroatoms. The molecule has 0 aliphatic carbocycles. The van der Waals surface area contributed by atoms with Gasteiger partial charge >= 0.3 is 6.03 Å². The third-order valence-corrected chi connectivity index (χ3v) is 0.866. The number of amides is 2. The van der Waals surface area contributed by atoms with Gasteiger partial charge in [0, 0.05) is 12.6 Å². The van der Waals surface area contributed by atoms with Gasteiger partial charge in [0.05, 0.1) is 0 Å². The number of carbonyl (C=O) groups is 1. The van der Waals surface area contributed by atoms with Crippen molar-refractivity contribution < 1.29 is 9.53 Å². The van der Waals surface area contributed by atoms with E-state index in [-0.39, 0.29) is 18.3 Å². The number of hydrogen-bond acceptors (Lipinski definition) is 2. The summed E-state index contributed by atoms with van der Waals surface area (Å²) >= 11 is 0. The summed E-state index contributed by atoms with van der Waals surface area (Å²) in [5.41, 5.74) is -0.197. The van der Waals surface area contributed by atoms with Crippen LogP contribution in [0.4, 0.5) is 4.79 Å². The molecule has 0 saturated carbocycles. The van der Waals surface area contributed by atoms with E-state index >= 15 is 0 Å². The standard InChI is InChI=1S/C7H16N2O2/c1-7(2,3)9-6(10)8-5-11-4/h5H2,1-4H3,(H2,8,9,10). The van der Waals surface area contributed by atoms with Crippen molar-refractivity contribution in [3.63, 3.8) is 0 Å². The highest BCUT2D eigenvalue weighted by Gasteiger charge is 2.12. The average molecular weight is 160 g/mol. The molecule has 0 unspecified atom stereocenters. The maximum atomic E-state index is 10.9. The molecule has 0 aromatic heterocycles. The molecule has 0 atom stereocenters. The van der Waals surface area contributed by atoms with E-state index in [1.54, 1.807) is 0 Å². The van der Waals surface area contributed by atoms with E-state index in [1.807, 2.05) is 20.8 Å². The van der Waals surface area contributed by atoms with E-state index in [0.717, 1.165) is 0 Å². The molecule has 2 amide bonds. The lowest BCUT2D eigenvalue weighted by Gasteiger charge is -2.20. The molecule has 4 nitrogen and oxygen atoms in total. The first kappa shape index (κ1) is 10.2. The lowest BCUT2D eigenvalue weighted by molar-refractivity contribution is 0.169. The Balaban J connectivity index is 3.53. The van der Waals surface area contributed by atoms with E-state index in [2.05, 4.69) is 15.4 Å². The fraction of sp³-hybridized carbons (Fsp3) is 0.857. The molecule has 0 fully saturated rings. The highest BCUT2D eigenvalue weighted by Crippen LogP contribution is 1.96. The summed E-state index contributed by atoms with van der Waals surface area (Å²) in [5, 5.41) is 5.24. The maximum absolute atomic E-state index is 10.9. The zero-order valence-electron chi connectivity index (χ0n) is 7.52. The summed E-state index contributed by atoms with van der Waals surface area (Å²) < 4.78 is 4.66. The van der Waals surface area contributed by atoms with Gasteiger partial charge in [-0.05, 0) is 20.8 Å². The van der Waals surface area contributed by atoms with E-state index in [1.165, 1.54) is 7.11 Å². The van der Waals surface area contributed by atoms with Gasteiger partial charge in [-0.2, -0.15) is 0 Å². The highest BCUT2D eigenvalue weighted by atomic mass is 16.5. The van der Waals surface area contributed by atoms with Gasteiger partial charge in [-0.15, -0.1) is 0 Å². The third kappa shape index (κ3) is 7.12. The quantitative estimate of drug-likeness (QED) is 0.584. The van der Waals surface area contributed by atoms with Gasteiger partial charge in [-0.3, -0.25) is 0 Å². The minimum Gasteiger partial charge on any atom is -0.364 e. The summed E-state index contributed by atoms with van der Waals surface area (Å²) in [6.45, 7) is 5.99. The molecule has 66 valence electrons. The molecule has 0 aliphatic rings. The number of methoxy groups -OCH3 is 1. The number of rotatable bonds is 2. The van der Waals surface area contributed by atoms with Crippen molar-refractivity contribution in [2.45, 2.75) is 26.3 Å². The summed E-state index contributed by atoms with van der Waals surface area (Å²) in [7, 11) is 1.53. The number of nitrogens with one attached hydrogen (secondary N) is 2. The van der Waals surface area contributed by atoms with Crippen LogP contribution in [0.3, 0.4) is 0 Å². The Morgan fingerprint density at radius 1 is 1.45 bits per heavy atom. The van der Waals surface area contributed by atoms with Crippen molar-refractivity contribution in [2.75, 3.05) is 13.8 Å². The Bertz CT molecular complexity index is 129. The van der Waals surface area contributed by atoms with Gasteiger partial charge < -0.3 is 15.4 Å². The van der Waals surface area contributed by atoms with E-state index < -0.39 is 0 Å². The second-order valence-corrected chi connectivity index (χ2v) is 3.31. The predicted octanol–water partition coefficient (Wildman–Crippen LogP) is 0.688. The largest absolute Gasteiger partial charge is 0.364 e. The molecule has 0 aromatic rings. The molecule has 0 rings (SSSR count). The summed E-state index contributed by atoms with van der Waals surface area (Å²) in [4.78, 5) is 10.9. The molecule has 11 heavy (non-hydrogen) atoms. The Labute approximate surface area is 67.3 Å². The van der Waals surface area contributed by atoms with Crippen LogP contribution in [0.5, 0.6) is 0 Å². The summed E-state index contributed by atoms with van der Waals surface area (Å²) in [6.07, 6.45) is 0. The van der Waals surface area contributed by atoms with Crippen LogP contribution in [0.15, 0.2) is 0 Å². The topological polar surface area (TPSA) is 50.4 Å². The normalized spacial score (nSPS) is 10.9. The molecule has 0 bridgehead atoms. The monoisotopic (exact) mass is 160 g/mol. The highest BCUT2D eigenvalue weighted by molar-refractivity contribution is 5.74. The van der Waals surface area contributed by atoms with Crippen LogP contribution in [0.1, 0.15) is 20.8 Å². The molecular weight excluding hydrogens is 144 g/mol. The average Bonchev–Trinajstić information content (AvgIpc) is 1.79. The number of hydrogen-bond donors (Lipinski definition) is 2. The van der Waals surface area contributed by atoms with Crippen LogP contribution >= 0.6 is 0 Å². The fourth-order valence-electron chi connectivity index (χ4n) is 0.523. The SMILES string of the molecule is COCNC(=O)NC(C)(C)C. The Kier molecular flexibility index (Phi) is 3.89. The molecule has 0 heterocycles. The van der Waals surface area contributed by atoms with Crippen LogP contribution < -0.4 is 10.6 Å². The summed E-state index contributed by atoms with van der Waals surface area (Å²) in [5.74, 6) is 0. The van der Waals surface area contributed by atoms with Gasteiger partial charge in [-0.25, -0.2) is 4.79 Å². The molecule has 2 N–H and O–H groups in total. The molecule has 0 spiro atoms. The lowest BCUT2D eigenvalue weighted by atomic mass is 10.1. The Morgan fingerprint density at radius 2 is 2.00 bits per heavy atom. The van der Waals surface area contributed by atoms with Crippen LogP contribution in [0.2, 0.25) is 0 Å². The van der Waals surface area contributed by atoms with E-state index in [4.69, 9.17) is 0 Å². The Hall–Kier alpha value is -0.770. The lowest BCUT2D eigenvalue weighted by Crippen LogP contribution is -2.46. The molecule has 0 aromatic carbocycles. The van der Waals surface area contributed by atoms with Gasteiger partial charge in [-0.1, -0.05) is 0 Å². The second-order valence-electron chi connectivity index (χ2n) is 3.31. The maximum Gasteiger partial charge on any atom is 0.316 e. The number of urea groups is 1. The van der Waals surface area contributed by atoms with Crippen LogP contribution in [0.25, 0.3) is 0 Å². The van der Waals surface area contributed by atoms with Gasteiger partial charge in [0.25, 0.3) is 0 Å². The summed E-state index contributed by atoms with van der Waals surface area (Å²) in [6, 6.07) is -0.209. The van der Waals surface area contributed by atoms with Crippen molar-refractivity contribution in [1.82, 2.24) is 10.6 Å². The third-order valence-electron chi connectivity index (χ3n) is 0.866. The van der Waals surface area contributed by atoms with Crippen molar-refractivity contribution in [2.24, 2.45) is 0 Å². The molecular formula is C7H16N2O2. The first-order valence-corrected chi connectivity index (χ1v) is 3.50. The molecule has 0 aliphatic heterocycles. The fourth-order valence-corrected chi connectivity index (χ4v) is 0.523. The minimum atomic E-state index is -0.209. The van der Waals surface area contributed by atoms with E-state index in [0.29, 0.717) is 0 Å². The van der Waals surface area contributed by atoms with Crippen molar-refractivity contribution in [3.05, 3.63) is 0 Å². The first-order chi connectivity index (χ1) is 4.95. The second kappa shape index (κ2) is 4.18. The predicted molar refractivity (Wildman–Crippen MR) is 43.3 cm³/mol. The molecule has 0 saturated heterocycles. The zero-order valence-corrected chi connectivity index (χ0v) is 7.52. The van der Waals surface area contributed by atoms with Gasteiger partial charge in [0.2, 0.25) is 0 Å². The van der Waals surface area contributed by atoms with Crippen molar-refractivity contribution >= 4 is 6.03 Å². The van der Waals surface area contributed by atoms with Crippen LogP contribution in [-0.4, -0.2) is 25.4 Å². The zero-order chi connectivity index (χ0) is 8.91. The number of ether oxygens (including phenoxy) is 1. The van der Waals surface area contributed by atoms with Crippen molar-refractivity contribution in [1.29, 1.82) is 0 Å². The van der Waals surface area contributed by atoms with Crippen molar-refractivity contribution in [3.8, 4) is 0 Å². The van der Waals surface area contributed by atoms with Gasteiger partial charge in [0.15, 0.2) is 0 Å². The number of carbonyl (C=O) groups excluding carboxylic acids is 1. The minimum absolute atomic E-state index is 0.197.